The number of aromatic nitrogens is 2. The van der Waals surface area contributed by atoms with Crippen molar-refractivity contribution in [2.45, 2.75) is 11.7 Å². The van der Waals surface area contributed by atoms with Gasteiger partial charge in [-0.25, -0.2) is 8.42 Å². The molecule has 0 saturated carbocycles. The lowest BCUT2D eigenvalue weighted by molar-refractivity contribution is 0.0755. The molecule has 1 saturated heterocycles. The van der Waals surface area contributed by atoms with E-state index < -0.39 is 15.1 Å². The fourth-order valence-corrected chi connectivity index (χ4v) is 6.44. The number of hydrogen-bond donors (Lipinski definition) is 0. The molecule has 1 aliphatic heterocycles. The second kappa shape index (κ2) is 7.93. The quantitative estimate of drug-likeness (QED) is 0.609. The number of thiophene rings is 1. The molecule has 152 valence electrons. The van der Waals surface area contributed by atoms with Crippen molar-refractivity contribution in [1.29, 1.82) is 0 Å². The van der Waals surface area contributed by atoms with Gasteiger partial charge in [-0.3, -0.25) is 9.48 Å². The molecule has 0 unspecified atom stereocenters. The first kappa shape index (κ1) is 20.1. The molecule has 4 rings (SSSR count). The van der Waals surface area contributed by atoms with Gasteiger partial charge in [0, 0.05) is 25.2 Å². The number of benzene rings is 1. The number of nitrogens with zero attached hydrogens (tertiary/aromatic N) is 3. The monoisotopic (exact) mass is 449 g/mol. The molecule has 1 aromatic carbocycles. The number of hydrogen-bond acceptors (Lipinski definition) is 5. The van der Waals surface area contributed by atoms with Gasteiger partial charge in [-0.1, -0.05) is 35.9 Å². The van der Waals surface area contributed by atoms with Gasteiger partial charge < -0.3 is 4.90 Å². The van der Waals surface area contributed by atoms with Crippen molar-refractivity contribution in [3.63, 3.8) is 0 Å². The maximum atomic E-state index is 13.1. The van der Waals surface area contributed by atoms with E-state index in [-0.39, 0.29) is 18.2 Å². The van der Waals surface area contributed by atoms with E-state index >= 15 is 0 Å². The van der Waals surface area contributed by atoms with E-state index in [4.69, 9.17) is 11.6 Å². The fourth-order valence-electron chi connectivity index (χ4n) is 3.61. The van der Waals surface area contributed by atoms with Gasteiger partial charge in [0.1, 0.15) is 11.4 Å². The third-order valence-corrected chi connectivity index (χ3v) is 8.50. The highest BCUT2D eigenvalue weighted by atomic mass is 35.5. The third-order valence-electron chi connectivity index (χ3n) is 5.15. The molecule has 0 radical (unpaired) electrons. The molecular formula is C20H20ClN3O3S2. The highest BCUT2D eigenvalue weighted by Gasteiger charge is 2.34. The number of aryl methyl sites for hydroxylation is 1. The number of halogens is 1. The van der Waals surface area contributed by atoms with Crippen LogP contribution in [0.5, 0.6) is 0 Å². The molecule has 29 heavy (non-hydrogen) atoms. The van der Waals surface area contributed by atoms with E-state index in [9.17, 15) is 13.2 Å². The average Bonchev–Trinajstić information content (AvgIpc) is 3.31. The summed E-state index contributed by atoms with van der Waals surface area (Å²) in [5.74, 6) is -0.303. The highest BCUT2D eigenvalue weighted by molar-refractivity contribution is 7.91. The Hall–Kier alpha value is -2.16. The number of amides is 1. The third kappa shape index (κ3) is 3.97. The first-order valence-electron chi connectivity index (χ1n) is 9.20. The molecule has 3 aromatic rings. The Kier molecular flexibility index (Phi) is 5.50. The van der Waals surface area contributed by atoms with Crippen molar-refractivity contribution in [1.82, 2.24) is 14.7 Å². The Morgan fingerprint density at radius 2 is 2.00 bits per heavy atom. The van der Waals surface area contributed by atoms with Crippen molar-refractivity contribution in [3.05, 3.63) is 64.1 Å². The predicted molar refractivity (Wildman–Crippen MR) is 115 cm³/mol. The van der Waals surface area contributed by atoms with Crippen LogP contribution in [0, 0.1) is 0 Å². The minimum Gasteiger partial charge on any atom is -0.336 e. The van der Waals surface area contributed by atoms with E-state index in [0.717, 1.165) is 10.6 Å². The zero-order chi connectivity index (χ0) is 20.6. The minimum absolute atomic E-state index is 0.0930. The average molecular weight is 450 g/mol. The first-order chi connectivity index (χ1) is 13.9. The molecule has 0 spiro atoms. The Balaban J connectivity index is 1.58. The van der Waals surface area contributed by atoms with Crippen LogP contribution in [0.25, 0.3) is 10.6 Å². The van der Waals surface area contributed by atoms with Crippen LogP contribution < -0.4 is 0 Å². The van der Waals surface area contributed by atoms with Gasteiger partial charge in [0.2, 0.25) is 0 Å². The van der Waals surface area contributed by atoms with Crippen molar-refractivity contribution in [2.75, 3.05) is 18.8 Å². The number of carbonyl (C=O) groups is 1. The second-order valence-corrected chi connectivity index (χ2v) is 10.6. The zero-order valence-electron chi connectivity index (χ0n) is 15.8. The van der Waals surface area contributed by atoms with Crippen molar-refractivity contribution >= 4 is 38.7 Å². The number of sulfone groups is 1. The summed E-state index contributed by atoms with van der Waals surface area (Å²) in [4.78, 5) is 15.7. The number of rotatable bonds is 3. The van der Waals surface area contributed by atoms with Gasteiger partial charge in [-0.15, -0.1) is 11.3 Å². The second-order valence-electron chi connectivity index (χ2n) is 6.97. The van der Waals surface area contributed by atoms with Crippen molar-refractivity contribution in [3.8, 4) is 10.6 Å². The summed E-state index contributed by atoms with van der Waals surface area (Å²) < 4.78 is 27.3. The standard InChI is InChI=1S/C20H20ClN3O3S2/c1-23-17(13-16(22-23)18-7-4-11-28-18)20(25)24-9-8-19(29(26,27)12-10-24)14-5-2-3-6-15(14)21/h2-7,11,13,19H,8-10,12H2,1H3/t19-/m1/s1. The summed E-state index contributed by atoms with van der Waals surface area (Å²) >= 11 is 7.80. The Morgan fingerprint density at radius 1 is 1.21 bits per heavy atom. The number of carbonyl (C=O) groups excluding carboxylic acids is 1. The highest BCUT2D eigenvalue weighted by Crippen LogP contribution is 2.34. The fraction of sp³-hybridized carbons (Fsp3) is 0.300. The van der Waals surface area contributed by atoms with Crippen LogP contribution in [0.3, 0.4) is 0 Å². The molecule has 3 heterocycles. The van der Waals surface area contributed by atoms with E-state index in [1.807, 2.05) is 17.5 Å². The van der Waals surface area contributed by atoms with Gasteiger partial charge >= 0.3 is 0 Å². The molecule has 1 atom stereocenters. The normalized spacial score (nSPS) is 19.1. The smallest absolute Gasteiger partial charge is 0.272 e. The van der Waals surface area contributed by atoms with Crippen LogP contribution >= 0.6 is 22.9 Å². The van der Waals surface area contributed by atoms with Crippen LogP contribution in [0.15, 0.2) is 47.8 Å². The van der Waals surface area contributed by atoms with Gasteiger partial charge in [-0.2, -0.15) is 5.10 Å². The predicted octanol–water partition coefficient (Wildman–Crippen LogP) is 3.80. The van der Waals surface area contributed by atoms with Crippen LogP contribution in [-0.2, 0) is 16.9 Å². The summed E-state index contributed by atoms with van der Waals surface area (Å²) in [5, 5.41) is 6.13. The SMILES string of the molecule is Cn1nc(-c2cccs2)cc1C(=O)N1CC[C@H](c2ccccc2Cl)S(=O)(=O)CC1. The lowest BCUT2D eigenvalue weighted by atomic mass is 10.1. The van der Waals surface area contributed by atoms with Gasteiger partial charge in [-0.05, 0) is 35.6 Å². The molecular weight excluding hydrogens is 430 g/mol. The van der Waals surface area contributed by atoms with Crippen molar-refractivity contribution < 1.29 is 13.2 Å². The van der Waals surface area contributed by atoms with Crippen LogP contribution in [-0.4, -0.2) is 47.8 Å². The Morgan fingerprint density at radius 3 is 2.72 bits per heavy atom. The van der Waals surface area contributed by atoms with E-state index in [1.165, 1.54) is 0 Å². The summed E-state index contributed by atoms with van der Waals surface area (Å²) in [5.41, 5.74) is 1.79. The van der Waals surface area contributed by atoms with Crippen molar-refractivity contribution in [2.24, 2.45) is 7.05 Å². The van der Waals surface area contributed by atoms with Gasteiger partial charge in [0.25, 0.3) is 5.91 Å². The summed E-state index contributed by atoms with van der Waals surface area (Å²) in [6.45, 7) is 0.495. The molecule has 1 amide bonds. The van der Waals surface area contributed by atoms with Crippen LogP contribution in [0.1, 0.15) is 27.7 Å². The minimum atomic E-state index is -3.42. The molecule has 0 bridgehead atoms. The molecule has 6 nitrogen and oxygen atoms in total. The molecule has 0 N–H and O–H groups in total. The van der Waals surface area contributed by atoms with E-state index in [2.05, 4.69) is 5.10 Å². The summed E-state index contributed by atoms with van der Waals surface area (Å²) in [7, 11) is -1.70. The lowest BCUT2D eigenvalue weighted by Crippen LogP contribution is -2.34. The lowest BCUT2D eigenvalue weighted by Gasteiger charge is -2.20. The first-order valence-corrected chi connectivity index (χ1v) is 12.2. The molecule has 1 fully saturated rings. The summed E-state index contributed by atoms with van der Waals surface area (Å²) in [6, 6.07) is 12.7. The van der Waals surface area contributed by atoms with E-state index in [1.54, 1.807) is 58.3 Å². The van der Waals surface area contributed by atoms with Crippen LogP contribution in [0.4, 0.5) is 0 Å². The van der Waals surface area contributed by atoms with Gasteiger partial charge in [0.15, 0.2) is 9.84 Å². The molecule has 2 aromatic heterocycles. The van der Waals surface area contributed by atoms with Gasteiger partial charge in [0.05, 0.1) is 15.9 Å². The van der Waals surface area contributed by atoms with E-state index in [0.29, 0.717) is 29.2 Å². The Bertz CT molecular complexity index is 1140. The summed E-state index contributed by atoms with van der Waals surface area (Å²) in [6.07, 6.45) is 0.313. The topological polar surface area (TPSA) is 72.3 Å². The maximum absolute atomic E-state index is 13.1. The maximum Gasteiger partial charge on any atom is 0.272 e. The molecule has 1 aliphatic rings. The molecule has 9 heteroatoms. The van der Waals surface area contributed by atoms with Crippen LogP contribution in [0.2, 0.25) is 5.02 Å². The Labute approximate surface area is 178 Å². The molecule has 0 aliphatic carbocycles. The zero-order valence-corrected chi connectivity index (χ0v) is 18.2. The largest absolute Gasteiger partial charge is 0.336 e.